The number of nitrogens with zero attached hydrogens (tertiary/aromatic N) is 2. The molecule has 1 atom stereocenters. The molecule has 0 saturated carbocycles. The van der Waals surface area contributed by atoms with Crippen molar-refractivity contribution in [3.05, 3.63) is 33.8 Å². The lowest BCUT2D eigenvalue weighted by Crippen LogP contribution is -2.51. The lowest BCUT2D eigenvalue weighted by molar-refractivity contribution is 0.0173. The molecule has 0 unspecified atom stereocenters. The number of carbonyl (C=O) groups excluding carboxylic acids is 1. The highest BCUT2D eigenvalue weighted by atomic mass is 35.5. The lowest BCUT2D eigenvalue weighted by atomic mass is 10.1. The van der Waals surface area contributed by atoms with E-state index in [1.54, 1.807) is 46.0 Å². The number of hydrogen-bond acceptors (Lipinski definition) is 4. The van der Waals surface area contributed by atoms with E-state index in [2.05, 4.69) is 0 Å². The first kappa shape index (κ1) is 22.3. The minimum atomic E-state index is -3.54. The average Bonchev–Trinajstić information content (AvgIpc) is 2.56. The van der Waals surface area contributed by atoms with Crippen molar-refractivity contribution in [2.45, 2.75) is 51.0 Å². The Hall–Kier alpha value is -1.02. The molecule has 6 nitrogen and oxygen atoms in total. The SMILES string of the molecule is CN(C(=O)OC(C)(C)C)[C@H]1CCCN(S(=O)(=O)Cc2ccc(Cl)c(Cl)c2)C1. The normalized spacial score (nSPS) is 19.0. The summed E-state index contributed by atoms with van der Waals surface area (Å²) in [5.41, 5.74) is -0.0216. The highest BCUT2D eigenvalue weighted by molar-refractivity contribution is 7.88. The molecule has 0 spiro atoms. The summed E-state index contributed by atoms with van der Waals surface area (Å²) in [6, 6.07) is 4.58. The smallest absolute Gasteiger partial charge is 0.410 e. The van der Waals surface area contributed by atoms with Crippen LogP contribution in [0.15, 0.2) is 18.2 Å². The van der Waals surface area contributed by atoms with E-state index in [9.17, 15) is 13.2 Å². The molecular weight excluding hydrogens is 411 g/mol. The summed E-state index contributed by atoms with van der Waals surface area (Å²) in [7, 11) is -1.89. The molecule has 1 aromatic rings. The first-order valence-electron chi connectivity index (χ1n) is 8.76. The first-order valence-corrected chi connectivity index (χ1v) is 11.1. The van der Waals surface area contributed by atoms with Gasteiger partial charge in [0.2, 0.25) is 10.0 Å². The van der Waals surface area contributed by atoms with Gasteiger partial charge in [-0.3, -0.25) is 0 Å². The summed E-state index contributed by atoms with van der Waals surface area (Å²) < 4.78 is 32.5. The van der Waals surface area contributed by atoms with Gasteiger partial charge in [-0.15, -0.1) is 0 Å². The number of carbonyl (C=O) groups is 1. The quantitative estimate of drug-likeness (QED) is 0.710. The number of hydrogen-bond donors (Lipinski definition) is 0. The third-order valence-corrected chi connectivity index (χ3v) is 6.87. The molecule has 1 heterocycles. The van der Waals surface area contributed by atoms with Gasteiger partial charge in [0.15, 0.2) is 0 Å². The summed E-state index contributed by atoms with van der Waals surface area (Å²) in [5, 5.41) is 0.709. The van der Waals surface area contributed by atoms with Gasteiger partial charge in [-0.1, -0.05) is 29.3 Å². The van der Waals surface area contributed by atoms with Gasteiger partial charge >= 0.3 is 6.09 Å². The predicted octanol–water partition coefficient (Wildman–Crippen LogP) is 4.15. The van der Waals surface area contributed by atoms with Crippen LogP contribution in [0.5, 0.6) is 0 Å². The van der Waals surface area contributed by atoms with Gasteiger partial charge in [-0.05, 0) is 51.3 Å². The van der Waals surface area contributed by atoms with E-state index in [1.807, 2.05) is 0 Å². The fourth-order valence-corrected chi connectivity index (χ4v) is 4.81. The van der Waals surface area contributed by atoms with E-state index < -0.39 is 21.7 Å². The van der Waals surface area contributed by atoms with E-state index in [0.29, 0.717) is 28.6 Å². The van der Waals surface area contributed by atoms with Crippen molar-refractivity contribution in [1.82, 2.24) is 9.21 Å². The van der Waals surface area contributed by atoms with Crippen molar-refractivity contribution in [2.24, 2.45) is 0 Å². The molecule has 0 aliphatic carbocycles. The summed E-state index contributed by atoms with van der Waals surface area (Å²) in [5.74, 6) is -0.160. The molecule has 0 aromatic heterocycles. The highest BCUT2D eigenvalue weighted by Gasteiger charge is 2.33. The molecule has 1 saturated heterocycles. The summed E-state index contributed by atoms with van der Waals surface area (Å²) in [4.78, 5) is 13.8. The van der Waals surface area contributed by atoms with Crippen LogP contribution in [0.2, 0.25) is 10.0 Å². The van der Waals surface area contributed by atoms with E-state index in [0.717, 1.165) is 6.42 Å². The van der Waals surface area contributed by atoms with Crippen molar-refractivity contribution < 1.29 is 17.9 Å². The first-order chi connectivity index (χ1) is 12.4. The monoisotopic (exact) mass is 436 g/mol. The molecule has 1 amide bonds. The molecule has 1 aliphatic heterocycles. The average molecular weight is 437 g/mol. The highest BCUT2D eigenvalue weighted by Crippen LogP contribution is 2.26. The van der Waals surface area contributed by atoms with Gasteiger partial charge in [0.1, 0.15) is 5.60 Å². The third-order valence-electron chi connectivity index (χ3n) is 4.31. The number of rotatable bonds is 4. The van der Waals surface area contributed by atoms with Crippen LogP contribution in [0, 0.1) is 0 Å². The lowest BCUT2D eigenvalue weighted by Gasteiger charge is -2.37. The third kappa shape index (κ3) is 6.24. The van der Waals surface area contributed by atoms with Crippen LogP contribution in [-0.2, 0) is 20.5 Å². The van der Waals surface area contributed by atoms with Gasteiger partial charge in [0.05, 0.1) is 15.8 Å². The molecule has 9 heteroatoms. The minimum Gasteiger partial charge on any atom is -0.444 e. The van der Waals surface area contributed by atoms with Gasteiger partial charge in [0, 0.05) is 26.2 Å². The molecule has 0 radical (unpaired) electrons. The topological polar surface area (TPSA) is 66.9 Å². The van der Waals surface area contributed by atoms with Crippen molar-refractivity contribution in [1.29, 1.82) is 0 Å². The van der Waals surface area contributed by atoms with Crippen LogP contribution in [0.4, 0.5) is 4.79 Å². The van der Waals surface area contributed by atoms with Crippen LogP contribution in [0.25, 0.3) is 0 Å². The Morgan fingerprint density at radius 2 is 1.96 bits per heavy atom. The van der Waals surface area contributed by atoms with Crippen LogP contribution < -0.4 is 0 Å². The van der Waals surface area contributed by atoms with E-state index in [4.69, 9.17) is 27.9 Å². The van der Waals surface area contributed by atoms with Crippen LogP contribution in [-0.4, -0.2) is 55.5 Å². The molecule has 0 bridgehead atoms. The maximum Gasteiger partial charge on any atom is 0.410 e. The zero-order chi connectivity index (χ0) is 20.4. The maximum atomic E-state index is 12.8. The molecule has 1 fully saturated rings. The summed E-state index contributed by atoms with van der Waals surface area (Å²) in [6.45, 7) is 6.08. The second-order valence-electron chi connectivity index (χ2n) is 7.75. The predicted molar refractivity (Wildman–Crippen MR) is 108 cm³/mol. The Morgan fingerprint density at radius 1 is 1.30 bits per heavy atom. The van der Waals surface area contributed by atoms with E-state index >= 15 is 0 Å². The van der Waals surface area contributed by atoms with Crippen LogP contribution in [0.1, 0.15) is 39.2 Å². The fraction of sp³-hybridized carbons (Fsp3) is 0.611. The number of sulfonamides is 1. The molecular formula is C18H26Cl2N2O4S. The molecule has 0 N–H and O–H groups in total. The van der Waals surface area contributed by atoms with Crippen LogP contribution in [0.3, 0.4) is 0 Å². The number of likely N-dealkylation sites (N-methyl/N-ethyl adjacent to an activating group) is 1. The Balaban J connectivity index is 2.07. The molecule has 27 heavy (non-hydrogen) atoms. The maximum absolute atomic E-state index is 12.8. The number of benzene rings is 1. The van der Waals surface area contributed by atoms with Crippen molar-refractivity contribution in [3.63, 3.8) is 0 Å². The van der Waals surface area contributed by atoms with Crippen molar-refractivity contribution in [3.8, 4) is 0 Å². The van der Waals surface area contributed by atoms with E-state index in [1.165, 1.54) is 9.21 Å². The summed E-state index contributed by atoms with van der Waals surface area (Å²) >= 11 is 11.9. The van der Waals surface area contributed by atoms with Gasteiger partial charge in [0.25, 0.3) is 0 Å². The second kappa shape index (κ2) is 8.55. The van der Waals surface area contributed by atoms with Gasteiger partial charge in [-0.25, -0.2) is 13.2 Å². The minimum absolute atomic E-state index is 0.160. The molecule has 1 aliphatic rings. The zero-order valence-electron chi connectivity index (χ0n) is 16.0. The van der Waals surface area contributed by atoms with Crippen molar-refractivity contribution in [2.75, 3.05) is 20.1 Å². The van der Waals surface area contributed by atoms with E-state index in [-0.39, 0.29) is 18.3 Å². The Morgan fingerprint density at radius 3 is 2.56 bits per heavy atom. The van der Waals surface area contributed by atoms with Gasteiger partial charge < -0.3 is 9.64 Å². The van der Waals surface area contributed by atoms with Gasteiger partial charge in [-0.2, -0.15) is 4.31 Å². The number of amides is 1. The Kier molecular flexibility index (Phi) is 7.06. The number of ether oxygens (including phenoxy) is 1. The second-order valence-corrected chi connectivity index (χ2v) is 10.5. The largest absolute Gasteiger partial charge is 0.444 e. The molecule has 2 rings (SSSR count). The number of piperidine rings is 1. The standard InChI is InChI=1S/C18H26Cl2N2O4S/c1-18(2,3)26-17(23)21(4)14-6-5-9-22(11-14)27(24,25)12-13-7-8-15(19)16(20)10-13/h7-8,10,14H,5-6,9,11-12H2,1-4H3/t14-/m0/s1. The number of halogens is 2. The molecule has 152 valence electrons. The van der Waals surface area contributed by atoms with Crippen molar-refractivity contribution >= 4 is 39.3 Å². The zero-order valence-corrected chi connectivity index (χ0v) is 18.4. The summed E-state index contributed by atoms with van der Waals surface area (Å²) in [6.07, 6.45) is 0.962. The molecule has 1 aromatic carbocycles. The Bertz CT molecular complexity index is 793. The Labute approximate surface area is 171 Å². The van der Waals surface area contributed by atoms with Crippen LogP contribution >= 0.6 is 23.2 Å². The fourth-order valence-electron chi connectivity index (χ4n) is 2.90.